The zero-order valence-electron chi connectivity index (χ0n) is 13.9. The number of carboxylic acid groups (broad SMARTS) is 1. The number of rotatable bonds is 4. The van der Waals surface area contributed by atoms with E-state index in [0.29, 0.717) is 24.1 Å². The molecule has 0 aromatic carbocycles. The van der Waals surface area contributed by atoms with Gasteiger partial charge in [0.25, 0.3) is 0 Å². The van der Waals surface area contributed by atoms with Crippen LogP contribution in [-0.2, 0) is 9.53 Å². The number of aliphatic carboxylic acids is 1. The molecule has 1 saturated carbocycles. The van der Waals surface area contributed by atoms with Crippen LogP contribution in [0.1, 0.15) is 59.8 Å². The summed E-state index contributed by atoms with van der Waals surface area (Å²) in [7, 11) is 0. The highest BCUT2D eigenvalue weighted by Crippen LogP contribution is 2.45. The van der Waals surface area contributed by atoms with Crippen LogP contribution >= 0.6 is 0 Å². The lowest BCUT2D eigenvalue weighted by atomic mass is 9.61. The molecule has 1 saturated heterocycles. The van der Waals surface area contributed by atoms with E-state index in [1.54, 1.807) is 0 Å². The van der Waals surface area contributed by atoms with Gasteiger partial charge in [-0.1, -0.05) is 27.7 Å². The van der Waals surface area contributed by atoms with Crippen molar-refractivity contribution >= 4 is 5.97 Å². The van der Waals surface area contributed by atoms with Crippen LogP contribution in [0, 0.1) is 17.3 Å². The van der Waals surface area contributed by atoms with Gasteiger partial charge in [-0.2, -0.15) is 0 Å². The van der Waals surface area contributed by atoms with Gasteiger partial charge in [0.2, 0.25) is 0 Å². The maximum atomic E-state index is 11.5. The fraction of sp³-hybridized carbons (Fsp3) is 0.941. The molecule has 0 aromatic rings. The molecule has 1 aliphatic heterocycles. The van der Waals surface area contributed by atoms with Crippen LogP contribution in [0.5, 0.6) is 0 Å². The summed E-state index contributed by atoms with van der Waals surface area (Å²) in [5, 5.41) is 13.2. The highest BCUT2D eigenvalue weighted by molar-refractivity contribution is 5.71. The summed E-state index contributed by atoms with van der Waals surface area (Å²) in [5.74, 6) is -0.485. The average molecular weight is 297 g/mol. The molecule has 4 nitrogen and oxygen atoms in total. The summed E-state index contributed by atoms with van der Waals surface area (Å²) in [6.07, 6.45) is 5.37. The third-order valence-corrected chi connectivity index (χ3v) is 6.01. The fourth-order valence-electron chi connectivity index (χ4n) is 4.09. The Hall–Kier alpha value is -0.610. The average Bonchev–Trinajstić information content (AvgIpc) is 2.44. The minimum atomic E-state index is -0.637. The summed E-state index contributed by atoms with van der Waals surface area (Å²) < 4.78 is 5.75. The van der Waals surface area contributed by atoms with Crippen molar-refractivity contribution in [1.29, 1.82) is 0 Å². The molecule has 2 aliphatic rings. The maximum Gasteiger partial charge on any atom is 0.307 e. The molecule has 1 aliphatic carbocycles. The Balaban J connectivity index is 1.97. The molecule has 21 heavy (non-hydrogen) atoms. The molecule has 5 atom stereocenters. The number of hydrogen-bond donors (Lipinski definition) is 2. The Kier molecular flexibility index (Phi) is 5.31. The lowest BCUT2D eigenvalue weighted by Crippen LogP contribution is -2.54. The highest BCUT2D eigenvalue weighted by atomic mass is 16.5. The molecule has 0 spiro atoms. The van der Waals surface area contributed by atoms with Crippen LogP contribution in [0.3, 0.4) is 0 Å². The second-order valence-corrected chi connectivity index (χ2v) is 7.47. The Labute approximate surface area is 128 Å². The maximum absolute atomic E-state index is 11.5. The molecular weight excluding hydrogens is 266 g/mol. The normalized spacial score (nSPS) is 39.9. The number of ether oxygens (including phenoxy) is 1. The van der Waals surface area contributed by atoms with Gasteiger partial charge in [-0.25, -0.2) is 0 Å². The standard InChI is InChI=1S/C17H31NO3/c1-5-13-10-12(8-9-21-13)18-15-7-6-14(16(19)20)17(3,4)11(15)2/h11-15,18H,5-10H2,1-4H3,(H,19,20). The smallest absolute Gasteiger partial charge is 0.307 e. The number of carbonyl (C=O) groups is 1. The van der Waals surface area contributed by atoms with Crippen molar-refractivity contribution in [2.24, 2.45) is 17.3 Å². The van der Waals surface area contributed by atoms with Crippen molar-refractivity contribution < 1.29 is 14.6 Å². The number of nitrogens with one attached hydrogen (secondary N) is 1. The van der Waals surface area contributed by atoms with Gasteiger partial charge >= 0.3 is 5.97 Å². The molecule has 0 aromatic heterocycles. The summed E-state index contributed by atoms with van der Waals surface area (Å²) >= 11 is 0. The van der Waals surface area contributed by atoms with Crippen LogP contribution in [-0.4, -0.2) is 35.9 Å². The SMILES string of the molecule is CCC1CC(NC2CCC(C(=O)O)C(C)(C)C2C)CCO1. The monoisotopic (exact) mass is 297 g/mol. The molecule has 2 N–H and O–H groups in total. The minimum absolute atomic E-state index is 0.156. The quantitative estimate of drug-likeness (QED) is 0.837. The Bertz CT molecular complexity index is 369. The van der Waals surface area contributed by atoms with Crippen LogP contribution < -0.4 is 5.32 Å². The first-order valence-corrected chi connectivity index (χ1v) is 8.46. The van der Waals surface area contributed by atoms with Gasteiger partial charge in [0.1, 0.15) is 0 Å². The van der Waals surface area contributed by atoms with Crippen molar-refractivity contribution in [3.63, 3.8) is 0 Å². The van der Waals surface area contributed by atoms with Crippen molar-refractivity contribution in [1.82, 2.24) is 5.32 Å². The highest BCUT2D eigenvalue weighted by Gasteiger charge is 2.46. The Morgan fingerprint density at radius 3 is 2.67 bits per heavy atom. The molecule has 2 fully saturated rings. The molecular formula is C17H31NO3. The van der Waals surface area contributed by atoms with Crippen molar-refractivity contribution in [2.45, 2.75) is 78.0 Å². The predicted octanol–water partition coefficient (Wildman–Crippen LogP) is 3.06. The lowest BCUT2D eigenvalue weighted by molar-refractivity contribution is -0.150. The van der Waals surface area contributed by atoms with Crippen molar-refractivity contribution in [2.75, 3.05) is 6.61 Å². The molecule has 1 heterocycles. The minimum Gasteiger partial charge on any atom is -0.481 e. The van der Waals surface area contributed by atoms with E-state index in [9.17, 15) is 9.90 Å². The van der Waals surface area contributed by atoms with E-state index in [-0.39, 0.29) is 11.3 Å². The first kappa shape index (κ1) is 16.8. The van der Waals surface area contributed by atoms with E-state index >= 15 is 0 Å². The third-order valence-electron chi connectivity index (χ3n) is 6.01. The van der Waals surface area contributed by atoms with E-state index in [1.807, 2.05) is 0 Å². The van der Waals surface area contributed by atoms with Gasteiger partial charge in [-0.3, -0.25) is 4.79 Å². The van der Waals surface area contributed by atoms with Gasteiger partial charge in [-0.15, -0.1) is 0 Å². The van der Waals surface area contributed by atoms with E-state index in [4.69, 9.17) is 4.74 Å². The number of hydrogen-bond acceptors (Lipinski definition) is 3. The zero-order valence-corrected chi connectivity index (χ0v) is 13.9. The zero-order chi connectivity index (χ0) is 15.6. The number of carboxylic acids is 1. The van der Waals surface area contributed by atoms with Gasteiger partial charge in [0.15, 0.2) is 0 Å². The first-order valence-electron chi connectivity index (χ1n) is 8.46. The Morgan fingerprint density at radius 1 is 1.33 bits per heavy atom. The van der Waals surface area contributed by atoms with E-state index in [2.05, 4.69) is 33.0 Å². The van der Waals surface area contributed by atoms with E-state index in [0.717, 1.165) is 38.7 Å². The lowest BCUT2D eigenvalue weighted by Gasteiger charge is -2.48. The topological polar surface area (TPSA) is 58.6 Å². The van der Waals surface area contributed by atoms with Crippen LogP contribution in [0.15, 0.2) is 0 Å². The molecule has 0 bridgehead atoms. The van der Waals surface area contributed by atoms with Crippen LogP contribution in [0.2, 0.25) is 0 Å². The van der Waals surface area contributed by atoms with Crippen LogP contribution in [0.25, 0.3) is 0 Å². The van der Waals surface area contributed by atoms with Gasteiger partial charge in [0.05, 0.1) is 12.0 Å². The summed E-state index contributed by atoms with van der Waals surface area (Å²) in [4.78, 5) is 11.5. The molecule has 0 radical (unpaired) electrons. The van der Waals surface area contributed by atoms with Crippen molar-refractivity contribution in [3.05, 3.63) is 0 Å². The largest absolute Gasteiger partial charge is 0.481 e. The second kappa shape index (κ2) is 6.66. The van der Waals surface area contributed by atoms with Gasteiger partial charge in [0, 0.05) is 18.7 Å². The van der Waals surface area contributed by atoms with E-state index in [1.165, 1.54) is 0 Å². The molecule has 4 heteroatoms. The molecule has 2 rings (SSSR count). The van der Waals surface area contributed by atoms with E-state index < -0.39 is 5.97 Å². The first-order chi connectivity index (χ1) is 9.86. The molecule has 122 valence electrons. The third kappa shape index (κ3) is 3.59. The summed E-state index contributed by atoms with van der Waals surface area (Å²) in [5.41, 5.74) is -0.156. The van der Waals surface area contributed by atoms with Crippen molar-refractivity contribution in [3.8, 4) is 0 Å². The van der Waals surface area contributed by atoms with Gasteiger partial charge in [-0.05, 0) is 43.4 Å². The predicted molar refractivity (Wildman–Crippen MR) is 83.3 cm³/mol. The summed E-state index contributed by atoms with van der Waals surface area (Å²) in [6, 6.07) is 0.949. The molecule has 5 unspecified atom stereocenters. The molecule has 0 amide bonds. The Morgan fingerprint density at radius 2 is 2.05 bits per heavy atom. The fourth-order valence-corrected chi connectivity index (χ4v) is 4.09. The van der Waals surface area contributed by atoms with Gasteiger partial charge < -0.3 is 15.2 Å². The second-order valence-electron chi connectivity index (χ2n) is 7.47. The van der Waals surface area contributed by atoms with Crippen LogP contribution in [0.4, 0.5) is 0 Å². The summed E-state index contributed by atoms with van der Waals surface area (Å²) in [6.45, 7) is 9.46.